The second-order valence-corrected chi connectivity index (χ2v) is 19.5. The SMILES string of the molecule is C#CCCC(NC(=O)[C@@H]1[C@H]2CCC[C@H]2CN1C(=O)[C@@H](NC(=O)N[C@H](CN(C)S(=O)(=O)C(C)(C)C)C(C)(C)C)C(C)(C)C)C(=O)C(=O)NCC=C. The lowest BCUT2D eigenvalue weighted by atomic mass is 9.85. The number of urea groups is 1. The highest BCUT2D eigenvalue weighted by Crippen LogP contribution is 2.43. The Morgan fingerprint density at radius 1 is 0.980 bits per heavy atom. The van der Waals surface area contributed by atoms with Gasteiger partial charge in [0.05, 0.1) is 10.8 Å². The molecule has 0 bridgehead atoms. The van der Waals surface area contributed by atoms with Crippen molar-refractivity contribution < 1.29 is 32.4 Å². The maximum atomic E-state index is 14.4. The average molecular weight is 721 g/mol. The van der Waals surface area contributed by atoms with Crippen LogP contribution in [0.3, 0.4) is 0 Å². The van der Waals surface area contributed by atoms with Crippen molar-refractivity contribution in [2.24, 2.45) is 22.7 Å². The molecule has 1 heterocycles. The van der Waals surface area contributed by atoms with Gasteiger partial charge >= 0.3 is 6.03 Å². The van der Waals surface area contributed by atoms with E-state index in [0.717, 1.165) is 12.8 Å². The Hall–Kier alpha value is -3.44. The number of hydrogen-bond donors (Lipinski definition) is 4. The molecule has 5 amide bonds. The maximum absolute atomic E-state index is 14.4. The van der Waals surface area contributed by atoms with Crippen LogP contribution >= 0.6 is 0 Å². The Labute approximate surface area is 299 Å². The minimum Gasteiger partial charge on any atom is -0.346 e. The van der Waals surface area contributed by atoms with E-state index in [4.69, 9.17) is 6.42 Å². The molecule has 1 saturated carbocycles. The molecule has 2 rings (SSSR count). The van der Waals surface area contributed by atoms with Crippen LogP contribution in [-0.4, -0.2) is 103 Å². The van der Waals surface area contributed by atoms with Gasteiger partial charge in [0.25, 0.3) is 5.91 Å². The largest absolute Gasteiger partial charge is 0.346 e. The molecule has 0 aromatic heterocycles. The van der Waals surface area contributed by atoms with Gasteiger partial charge in [0, 0.05) is 39.1 Å². The Morgan fingerprint density at radius 3 is 2.12 bits per heavy atom. The summed E-state index contributed by atoms with van der Waals surface area (Å²) in [7, 11) is -2.20. The number of sulfonamides is 1. The van der Waals surface area contributed by atoms with Gasteiger partial charge in [-0.1, -0.05) is 54.0 Å². The molecule has 1 aliphatic carbocycles. The molecule has 0 radical (unpaired) electrons. The predicted molar refractivity (Wildman–Crippen MR) is 194 cm³/mol. The fraction of sp³-hybridized carbons (Fsp3) is 0.750. The van der Waals surface area contributed by atoms with E-state index in [-0.39, 0.29) is 37.8 Å². The van der Waals surface area contributed by atoms with Crippen molar-refractivity contribution in [1.82, 2.24) is 30.5 Å². The van der Waals surface area contributed by atoms with E-state index in [9.17, 15) is 32.4 Å². The van der Waals surface area contributed by atoms with E-state index >= 15 is 0 Å². The van der Waals surface area contributed by atoms with Crippen LogP contribution in [0, 0.1) is 35.0 Å². The molecule has 50 heavy (non-hydrogen) atoms. The van der Waals surface area contributed by atoms with Crippen molar-refractivity contribution in [1.29, 1.82) is 0 Å². The number of carbonyl (C=O) groups is 5. The number of amides is 5. The van der Waals surface area contributed by atoms with Crippen molar-refractivity contribution in [3.05, 3.63) is 12.7 Å². The molecule has 0 aromatic rings. The van der Waals surface area contributed by atoms with Crippen LogP contribution in [-0.2, 0) is 29.2 Å². The average Bonchev–Trinajstić information content (AvgIpc) is 3.59. The molecule has 4 N–H and O–H groups in total. The minimum atomic E-state index is -3.68. The summed E-state index contributed by atoms with van der Waals surface area (Å²) in [4.78, 5) is 69.1. The molecular weight excluding hydrogens is 660 g/mol. The van der Waals surface area contributed by atoms with E-state index in [1.54, 1.807) is 20.8 Å². The molecule has 13 nitrogen and oxygen atoms in total. The van der Waals surface area contributed by atoms with Gasteiger partial charge in [-0.2, -0.15) is 0 Å². The standard InChI is InChI=1S/C36H60N6O7S/c1-13-15-19-25(28(43)31(45)37-20-14-2)38-30(44)27-24-18-16-17-23(24)21-42(27)32(46)29(35(6,7)8)40-33(47)39-26(34(3,4)5)22-41(12)50(48,49)36(9,10)11/h1,14,23-27,29H,2,15-22H2,3-12H3,(H,37,45)(H,38,44)(H2,39,40,47)/t23-,24-,25?,26+,27-,29+/m0/s1. The fourth-order valence-electron chi connectivity index (χ4n) is 6.54. The highest BCUT2D eigenvalue weighted by Gasteiger charge is 2.52. The van der Waals surface area contributed by atoms with E-state index in [2.05, 4.69) is 33.8 Å². The molecule has 282 valence electrons. The lowest BCUT2D eigenvalue weighted by molar-refractivity contribution is -0.144. The first-order chi connectivity index (χ1) is 22.9. The summed E-state index contributed by atoms with van der Waals surface area (Å²) >= 11 is 0. The van der Waals surface area contributed by atoms with Crippen LogP contribution in [0.4, 0.5) is 4.79 Å². The normalized spacial score (nSPS) is 21.3. The third-order valence-electron chi connectivity index (χ3n) is 9.65. The molecule has 2 aliphatic rings. The first-order valence-electron chi connectivity index (χ1n) is 17.4. The van der Waals surface area contributed by atoms with Gasteiger partial charge < -0.3 is 26.2 Å². The number of hydrogen-bond acceptors (Lipinski definition) is 7. The van der Waals surface area contributed by atoms with Gasteiger partial charge in [0.2, 0.25) is 27.6 Å². The zero-order valence-corrected chi connectivity index (χ0v) is 32.5. The van der Waals surface area contributed by atoms with E-state index in [1.807, 2.05) is 41.5 Å². The van der Waals surface area contributed by atoms with Crippen LogP contribution in [0.1, 0.15) is 94.4 Å². The summed E-state index contributed by atoms with van der Waals surface area (Å²) in [5.74, 6) is -0.356. The topological polar surface area (TPSA) is 174 Å². The minimum absolute atomic E-state index is 0.00750. The lowest BCUT2D eigenvalue weighted by Crippen LogP contribution is -2.62. The summed E-state index contributed by atoms with van der Waals surface area (Å²) in [5, 5.41) is 10.9. The Bertz CT molecular complexity index is 1430. The third-order valence-corrected chi connectivity index (χ3v) is 12.2. The summed E-state index contributed by atoms with van der Waals surface area (Å²) in [5.41, 5.74) is -1.34. The number of carbonyl (C=O) groups excluding carboxylic acids is 5. The van der Waals surface area contributed by atoms with Crippen molar-refractivity contribution in [3.63, 3.8) is 0 Å². The van der Waals surface area contributed by atoms with E-state index in [1.165, 1.54) is 22.3 Å². The molecule has 1 saturated heterocycles. The molecular formula is C36H60N6O7S. The van der Waals surface area contributed by atoms with Crippen molar-refractivity contribution in [2.75, 3.05) is 26.7 Å². The number of nitrogens with zero attached hydrogens (tertiary/aromatic N) is 2. The second-order valence-electron chi connectivity index (χ2n) is 16.7. The first-order valence-corrected chi connectivity index (χ1v) is 18.8. The summed E-state index contributed by atoms with van der Waals surface area (Å²) in [6, 6.07) is -4.42. The van der Waals surface area contributed by atoms with Gasteiger partial charge in [-0.15, -0.1) is 18.9 Å². The highest BCUT2D eigenvalue weighted by atomic mass is 32.2. The fourth-order valence-corrected chi connectivity index (χ4v) is 7.82. The second kappa shape index (κ2) is 16.7. The number of likely N-dealkylation sites (N-methyl/N-ethyl adjacent to an activating group) is 1. The van der Waals surface area contributed by atoms with Gasteiger partial charge in [-0.3, -0.25) is 19.2 Å². The first kappa shape index (κ1) is 42.7. The number of nitrogens with one attached hydrogen (secondary N) is 4. The van der Waals surface area contributed by atoms with Gasteiger partial charge in [0.1, 0.15) is 12.1 Å². The number of Topliss-reactive ketones (excluding diaryl/α,β-unsaturated/α-hetero) is 1. The Morgan fingerprint density at radius 2 is 1.60 bits per heavy atom. The number of rotatable bonds is 14. The smallest absolute Gasteiger partial charge is 0.315 e. The lowest BCUT2D eigenvalue weighted by Gasteiger charge is -2.38. The molecule has 1 aliphatic heterocycles. The van der Waals surface area contributed by atoms with Crippen molar-refractivity contribution in [3.8, 4) is 12.3 Å². The predicted octanol–water partition coefficient (Wildman–Crippen LogP) is 2.57. The van der Waals surface area contributed by atoms with Gasteiger partial charge in [-0.25, -0.2) is 17.5 Å². The van der Waals surface area contributed by atoms with Crippen LogP contribution in [0.15, 0.2) is 12.7 Å². The quantitative estimate of drug-likeness (QED) is 0.121. The van der Waals surface area contributed by atoms with Crippen molar-refractivity contribution >= 4 is 39.6 Å². The number of fused-ring (bicyclic) bond motifs is 1. The Kier molecular flexibility index (Phi) is 14.3. The van der Waals surface area contributed by atoms with Gasteiger partial charge in [0.15, 0.2) is 0 Å². The summed E-state index contributed by atoms with van der Waals surface area (Å²) in [6.45, 7) is 19.8. The Balaban J connectivity index is 2.36. The van der Waals surface area contributed by atoms with Crippen LogP contribution < -0.4 is 21.3 Å². The van der Waals surface area contributed by atoms with Crippen molar-refractivity contribution in [2.45, 2.75) is 123 Å². The van der Waals surface area contributed by atoms with E-state index in [0.29, 0.717) is 13.0 Å². The maximum Gasteiger partial charge on any atom is 0.315 e. The molecule has 14 heteroatoms. The number of ketones is 1. The summed E-state index contributed by atoms with van der Waals surface area (Å²) < 4.78 is 26.4. The van der Waals surface area contributed by atoms with E-state index < -0.39 is 79.3 Å². The monoisotopic (exact) mass is 720 g/mol. The number of likely N-dealkylation sites (tertiary alicyclic amines) is 1. The number of terminal acetylenes is 1. The van der Waals surface area contributed by atoms with Gasteiger partial charge in [-0.05, 0) is 62.7 Å². The summed E-state index contributed by atoms with van der Waals surface area (Å²) in [6.07, 6.45) is 9.48. The zero-order valence-electron chi connectivity index (χ0n) is 31.6. The van der Waals surface area contributed by atoms with Crippen LogP contribution in [0.5, 0.6) is 0 Å². The molecule has 6 atom stereocenters. The van der Waals surface area contributed by atoms with Crippen LogP contribution in [0.25, 0.3) is 0 Å². The molecule has 0 spiro atoms. The third kappa shape index (κ3) is 10.5. The highest BCUT2D eigenvalue weighted by molar-refractivity contribution is 7.90. The molecule has 0 aromatic carbocycles. The van der Waals surface area contributed by atoms with Crippen LogP contribution in [0.2, 0.25) is 0 Å². The molecule has 1 unspecified atom stereocenters. The zero-order chi connectivity index (χ0) is 38.4. The molecule has 2 fully saturated rings.